The number of halogens is 1. The van der Waals surface area contributed by atoms with Crippen LogP contribution in [0.15, 0.2) is 35.3 Å². The summed E-state index contributed by atoms with van der Waals surface area (Å²) in [5.74, 6) is 0. The summed E-state index contributed by atoms with van der Waals surface area (Å²) in [4.78, 5) is 2.21. The van der Waals surface area contributed by atoms with E-state index in [4.69, 9.17) is 0 Å². The lowest BCUT2D eigenvalue weighted by molar-refractivity contribution is 0.198. The number of benzene rings is 1. The Balaban J connectivity index is 2.72. The summed E-state index contributed by atoms with van der Waals surface area (Å²) in [5, 5.41) is 9.55. The van der Waals surface area contributed by atoms with E-state index in [0.717, 1.165) is 35.1 Å². The highest BCUT2D eigenvalue weighted by Gasteiger charge is 2.08. The van der Waals surface area contributed by atoms with E-state index in [-0.39, 0.29) is 0 Å². The monoisotopic (exact) mass is 297 g/mol. The van der Waals surface area contributed by atoms with E-state index < -0.39 is 6.10 Å². The summed E-state index contributed by atoms with van der Waals surface area (Å²) < 4.78 is 0.959. The van der Waals surface area contributed by atoms with E-state index in [1.165, 1.54) is 0 Å². The Hall–Kier alpha value is -0.800. The van der Waals surface area contributed by atoms with Gasteiger partial charge in [0.05, 0.1) is 6.10 Å². The molecule has 0 saturated heterocycles. The maximum atomic E-state index is 9.55. The molecule has 0 unspecified atom stereocenters. The SMILES string of the molecule is C=CCCCN(C)c1ccc([C@H](C)O)c(Br)c1. The Morgan fingerprint density at radius 2 is 2.24 bits per heavy atom. The van der Waals surface area contributed by atoms with Crippen LogP contribution in [0.2, 0.25) is 0 Å². The van der Waals surface area contributed by atoms with Crippen LogP contribution in [0, 0.1) is 0 Å². The molecule has 0 fully saturated rings. The molecule has 1 rings (SSSR count). The minimum Gasteiger partial charge on any atom is -0.389 e. The highest BCUT2D eigenvalue weighted by molar-refractivity contribution is 9.10. The van der Waals surface area contributed by atoms with Crippen LogP contribution in [0.4, 0.5) is 5.69 Å². The molecule has 0 saturated carbocycles. The Morgan fingerprint density at radius 3 is 2.76 bits per heavy atom. The number of rotatable bonds is 6. The van der Waals surface area contributed by atoms with E-state index in [1.807, 2.05) is 18.2 Å². The Kier molecular flexibility index (Phi) is 5.72. The summed E-state index contributed by atoms with van der Waals surface area (Å²) in [5.41, 5.74) is 2.08. The second kappa shape index (κ2) is 6.82. The molecule has 1 atom stereocenters. The molecule has 0 aliphatic carbocycles. The van der Waals surface area contributed by atoms with E-state index >= 15 is 0 Å². The molecule has 3 heteroatoms. The minimum absolute atomic E-state index is 0.440. The number of allylic oxidation sites excluding steroid dienone is 1. The average molecular weight is 298 g/mol. The topological polar surface area (TPSA) is 23.5 Å². The van der Waals surface area contributed by atoms with Gasteiger partial charge in [0.25, 0.3) is 0 Å². The molecule has 17 heavy (non-hydrogen) atoms. The van der Waals surface area contributed by atoms with Crippen molar-refractivity contribution in [1.29, 1.82) is 0 Å². The Labute approximate surface area is 112 Å². The summed E-state index contributed by atoms with van der Waals surface area (Å²) in [7, 11) is 2.08. The second-order valence-corrected chi connectivity index (χ2v) is 5.09. The van der Waals surface area contributed by atoms with Gasteiger partial charge >= 0.3 is 0 Å². The highest BCUT2D eigenvalue weighted by atomic mass is 79.9. The van der Waals surface area contributed by atoms with Gasteiger partial charge in [0, 0.05) is 23.8 Å². The first-order valence-electron chi connectivity index (χ1n) is 5.85. The third-order valence-corrected chi connectivity index (χ3v) is 3.46. The van der Waals surface area contributed by atoms with E-state index in [2.05, 4.69) is 40.5 Å². The molecule has 0 heterocycles. The first-order chi connectivity index (χ1) is 8.06. The zero-order valence-corrected chi connectivity index (χ0v) is 12.1. The second-order valence-electron chi connectivity index (χ2n) is 4.23. The van der Waals surface area contributed by atoms with Crippen LogP contribution in [0.1, 0.15) is 31.4 Å². The van der Waals surface area contributed by atoms with E-state index in [1.54, 1.807) is 6.92 Å². The van der Waals surface area contributed by atoms with Crippen LogP contribution in [0.25, 0.3) is 0 Å². The maximum Gasteiger partial charge on any atom is 0.0772 e. The molecule has 0 aliphatic heterocycles. The van der Waals surface area contributed by atoms with Crippen LogP contribution < -0.4 is 4.90 Å². The summed E-state index contributed by atoms with van der Waals surface area (Å²) >= 11 is 3.50. The van der Waals surface area contributed by atoms with Crippen LogP contribution in [-0.4, -0.2) is 18.7 Å². The summed E-state index contributed by atoms with van der Waals surface area (Å²) in [6.07, 6.45) is 3.65. The van der Waals surface area contributed by atoms with Gasteiger partial charge in [-0.15, -0.1) is 6.58 Å². The molecule has 0 radical (unpaired) electrons. The quantitative estimate of drug-likeness (QED) is 0.636. The molecular weight excluding hydrogens is 278 g/mol. The van der Waals surface area contributed by atoms with Crippen molar-refractivity contribution in [2.45, 2.75) is 25.9 Å². The number of aliphatic hydroxyl groups excluding tert-OH is 1. The van der Waals surface area contributed by atoms with Crippen molar-refractivity contribution in [1.82, 2.24) is 0 Å². The number of hydrogen-bond donors (Lipinski definition) is 1. The molecule has 94 valence electrons. The first kappa shape index (κ1) is 14.3. The third kappa shape index (κ3) is 4.17. The molecule has 2 nitrogen and oxygen atoms in total. The minimum atomic E-state index is -0.440. The van der Waals surface area contributed by atoms with Crippen LogP contribution in [0.5, 0.6) is 0 Å². The number of hydrogen-bond acceptors (Lipinski definition) is 2. The number of nitrogens with zero attached hydrogens (tertiary/aromatic N) is 1. The molecule has 0 aromatic heterocycles. The van der Waals surface area contributed by atoms with Crippen molar-refractivity contribution in [2.75, 3.05) is 18.5 Å². The van der Waals surface area contributed by atoms with Crippen LogP contribution >= 0.6 is 15.9 Å². The molecule has 0 aliphatic rings. The molecule has 1 aromatic carbocycles. The summed E-state index contributed by atoms with van der Waals surface area (Å²) in [6.45, 7) is 6.50. The van der Waals surface area contributed by atoms with Gasteiger partial charge in [-0.2, -0.15) is 0 Å². The molecule has 0 bridgehead atoms. The Bertz CT molecular complexity index is 376. The standard InChI is InChI=1S/C14H20BrNO/c1-4-5-6-9-16(3)12-7-8-13(11(2)17)14(15)10-12/h4,7-8,10-11,17H,1,5-6,9H2,2-3H3/t11-/m0/s1. The molecule has 0 amide bonds. The van der Waals surface area contributed by atoms with Gasteiger partial charge in [0.1, 0.15) is 0 Å². The van der Waals surface area contributed by atoms with Crippen LogP contribution in [0.3, 0.4) is 0 Å². The van der Waals surface area contributed by atoms with Gasteiger partial charge in [-0.05, 0) is 37.5 Å². The Morgan fingerprint density at radius 1 is 1.53 bits per heavy atom. The zero-order chi connectivity index (χ0) is 12.8. The molecule has 0 spiro atoms. The number of anilines is 1. The highest BCUT2D eigenvalue weighted by Crippen LogP contribution is 2.27. The number of aliphatic hydroxyl groups is 1. The van der Waals surface area contributed by atoms with Gasteiger partial charge in [-0.1, -0.05) is 28.1 Å². The first-order valence-corrected chi connectivity index (χ1v) is 6.65. The van der Waals surface area contributed by atoms with Crippen LogP contribution in [-0.2, 0) is 0 Å². The van der Waals surface area contributed by atoms with Gasteiger partial charge in [-0.25, -0.2) is 0 Å². The largest absolute Gasteiger partial charge is 0.389 e. The molecule has 1 aromatic rings. The van der Waals surface area contributed by atoms with Gasteiger partial charge in [-0.3, -0.25) is 0 Å². The molecular formula is C14H20BrNO. The van der Waals surface area contributed by atoms with E-state index in [0.29, 0.717) is 0 Å². The fraction of sp³-hybridized carbons (Fsp3) is 0.429. The van der Waals surface area contributed by atoms with Gasteiger partial charge < -0.3 is 10.0 Å². The number of unbranched alkanes of at least 4 members (excludes halogenated alkanes) is 1. The van der Waals surface area contributed by atoms with Crippen molar-refractivity contribution >= 4 is 21.6 Å². The fourth-order valence-corrected chi connectivity index (χ4v) is 2.39. The lowest BCUT2D eigenvalue weighted by Crippen LogP contribution is -2.18. The van der Waals surface area contributed by atoms with Crippen molar-refractivity contribution in [3.8, 4) is 0 Å². The molecule has 1 N–H and O–H groups in total. The van der Waals surface area contributed by atoms with Crippen molar-refractivity contribution < 1.29 is 5.11 Å². The predicted molar refractivity (Wildman–Crippen MR) is 77.5 cm³/mol. The average Bonchev–Trinajstić information content (AvgIpc) is 2.28. The lowest BCUT2D eigenvalue weighted by Gasteiger charge is -2.20. The maximum absolute atomic E-state index is 9.55. The van der Waals surface area contributed by atoms with E-state index in [9.17, 15) is 5.11 Å². The lowest BCUT2D eigenvalue weighted by atomic mass is 10.1. The van der Waals surface area contributed by atoms with Gasteiger partial charge in [0.15, 0.2) is 0 Å². The van der Waals surface area contributed by atoms with Crippen molar-refractivity contribution in [3.63, 3.8) is 0 Å². The third-order valence-electron chi connectivity index (χ3n) is 2.78. The smallest absolute Gasteiger partial charge is 0.0772 e. The predicted octanol–water partition coefficient (Wildman–Crippen LogP) is 3.90. The van der Waals surface area contributed by atoms with Crippen molar-refractivity contribution in [3.05, 3.63) is 40.9 Å². The van der Waals surface area contributed by atoms with Crippen molar-refractivity contribution in [2.24, 2.45) is 0 Å². The van der Waals surface area contributed by atoms with Gasteiger partial charge in [0.2, 0.25) is 0 Å². The fourth-order valence-electron chi connectivity index (χ4n) is 1.69. The zero-order valence-electron chi connectivity index (χ0n) is 10.5. The summed E-state index contributed by atoms with van der Waals surface area (Å²) in [6, 6.07) is 6.06. The normalized spacial score (nSPS) is 12.2.